The van der Waals surface area contributed by atoms with Gasteiger partial charge in [0.15, 0.2) is 0 Å². The highest BCUT2D eigenvalue weighted by molar-refractivity contribution is 5.69. The minimum absolute atomic E-state index is 0.0590. The van der Waals surface area contributed by atoms with Crippen LogP contribution >= 0.6 is 0 Å². The van der Waals surface area contributed by atoms with E-state index < -0.39 is 5.97 Å². The lowest BCUT2D eigenvalue weighted by Crippen LogP contribution is -2.28. The molecule has 0 saturated heterocycles. The number of hydrogen-bond acceptors (Lipinski definition) is 6. The first-order valence-electron chi connectivity index (χ1n) is 17.2. The van der Waals surface area contributed by atoms with Gasteiger partial charge in [-0.15, -0.1) is 0 Å². The number of rotatable bonds is 31. The second-order valence-corrected chi connectivity index (χ2v) is 11.7. The molecule has 0 spiro atoms. The summed E-state index contributed by atoms with van der Waals surface area (Å²) < 4.78 is 10.8. The zero-order valence-electron chi connectivity index (χ0n) is 27.1. The van der Waals surface area contributed by atoms with Gasteiger partial charge in [-0.2, -0.15) is 0 Å². The molecule has 1 N–H and O–H groups in total. The van der Waals surface area contributed by atoms with Gasteiger partial charge in [0.25, 0.3) is 0 Å². The molecular formula is C34H65NO6. The van der Waals surface area contributed by atoms with E-state index in [2.05, 4.69) is 18.7 Å². The van der Waals surface area contributed by atoms with Crippen molar-refractivity contribution >= 4 is 17.9 Å². The first-order chi connectivity index (χ1) is 19.9. The average molecular weight is 584 g/mol. The molecule has 0 radical (unpaired) electrons. The summed E-state index contributed by atoms with van der Waals surface area (Å²) in [6.07, 6.45) is 22.5. The van der Waals surface area contributed by atoms with E-state index in [1.165, 1.54) is 77.0 Å². The van der Waals surface area contributed by atoms with Gasteiger partial charge in [0.1, 0.15) is 0 Å². The van der Waals surface area contributed by atoms with E-state index in [0.717, 1.165) is 58.2 Å². The zero-order chi connectivity index (χ0) is 30.4. The topological polar surface area (TPSA) is 93.1 Å². The Morgan fingerprint density at radius 3 is 1.61 bits per heavy atom. The van der Waals surface area contributed by atoms with Gasteiger partial charge >= 0.3 is 17.9 Å². The molecule has 0 aliphatic rings. The molecule has 0 aromatic heterocycles. The average Bonchev–Trinajstić information content (AvgIpc) is 2.94. The van der Waals surface area contributed by atoms with Crippen LogP contribution in [0.3, 0.4) is 0 Å². The maximum atomic E-state index is 12.5. The Bertz CT molecular complexity index is 626. The highest BCUT2D eigenvalue weighted by Crippen LogP contribution is 2.20. The van der Waals surface area contributed by atoms with Gasteiger partial charge in [-0.3, -0.25) is 14.4 Å². The molecule has 0 heterocycles. The number of carboxylic acid groups (broad SMARTS) is 1. The minimum atomic E-state index is -0.741. The van der Waals surface area contributed by atoms with E-state index >= 15 is 0 Å². The van der Waals surface area contributed by atoms with Crippen molar-refractivity contribution in [2.75, 3.05) is 32.8 Å². The van der Waals surface area contributed by atoms with Gasteiger partial charge in [0, 0.05) is 19.3 Å². The Balaban J connectivity index is 4.32. The van der Waals surface area contributed by atoms with Gasteiger partial charge in [-0.25, -0.2) is 0 Å². The number of unbranched alkanes of at least 4 members (excludes halogenated alkanes) is 12. The third-order valence-electron chi connectivity index (χ3n) is 7.79. The second kappa shape index (κ2) is 29.8. The van der Waals surface area contributed by atoms with Gasteiger partial charge in [0.05, 0.1) is 13.2 Å². The fraction of sp³-hybridized carbons (Fsp3) is 0.912. The summed E-state index contributed by atoms with van der Waals surface area (Å²) in [5.41, 5.74) is 0. The van der Waals surface area contributed by atoms with Crippen molar-refractivity contribution in [3.8, 4) is 0 Å². The molecule has 41 heavy (non-hydrogen) atoms. The van der Waals surface area contributed by atoms with Crippen molar-refractivity contribution in [3.05, 3.63) is 0 Å². The summed E-state index contributed by atoms with van der Waals surface area (Å²) >= 11 is 0. The SMILES string of the molecule is CCCCCCCCC(CCCCCC)COC(=O)CCCCCN(CCCCCC(=O)O)CCCC(=O)OCC. The van der Waals surface area contributed by atoms with Crippen LogP contribution < -0.4 is 0 Å². The van der Waals surface area contributed by atoms with Crippen LogP contribution in [0.25, 0.3) is 0 Å². The number of carbonyl (C=O) groups excluding carboxylic acids is 2. The van der Waals surface area contributed by atoms with Crippen LogP contribution in [0.2, 0.25) is 0 Å². The lowest BCUT2D eigenvalue weighted by Gasteiger charge is -2.22. The smallest absolute Gasteiger partial charge is 0.305 e. The monoisotopic (exact) mass is 583 g/mol. The maximum absolute atomic E-state index is 12.5. The summed E-state index contributed by atoms with van der Waals surface area (Å²) in [4.78, 5) is 37.2. The third kappa shape index (κ3) is 28.3. The van der Waals surface area contributed by atoms with Crippen LogP contribution in [-0.2, 0) is 23.9 Å². The molecule has 0 saturated carbocycles. The molecule has 1 unspecified atom stereocenters. The molecule has 7 heteroatoms. The molecule has 242 valence electrons. The fourth-order valence-electron chi connectivity index (χ4n) is 5.25. The molecular weight excluding hydrogens is 518 g/mol. The summed E-state index contributed by atoms with van der Waals surface area (Å²) in [5, 5.41) is 8.83. The summed E-state index contributed by atoms with van der Waals surface area (Å²) in [7, 11) is 0. The second-order valence-electron chi connectivity index (χ2n) is 11.7. The predicted octanol–water partition coefficient (Wildman–Crippen LogP) is 8.72. The highest BCUT2D eigenvalue weighted by atomic mass is 16.5. The van der Waals surface area contributed by atoms with Crippen LogP contribution in [-0.4, -0.2) is 60.8 Å². The standard InChI is InChI=1S/C34H65NO6/c1-4-7-9-11-12-16-23-31(22-15-10-8-5-2)30-41-34(39)25-18-14-20-28-35(27-19-13-17-24-32(36)37)29-21-26-33(38)40-6-3/h31H,4-30H2,1-3H3,(H,36,37). The lowest BCUT2D eigenvalue weighted by atomic mass is 9.95. The van der Waals surface area contributed by atoms with Crippen molar-refractivity contribution in [3.63, 3.8) is 0 Å². The minimum Gasteiger partial charge on any atom is -0.481 e. The van der Waals surface area contributed by atoms with E-state index in [-0.39, 0.29) is 18.4 Å². The zero-order valence-corrected chi connectivity index (χ0v) is 27.1. The largest absolute Gasteiger partial charge is 0.481 e. The quantitative estimate of drug-likeness (QED) is 0.0644. The first kappa shape index (κ1) is 39.4. The molecule has 0 aliphatic carbocycles. The number of nitrogens with zero attached hydrogens (tertiary/aromatic N) is 1. The molecule has 0 rings (SSSR count). The number of carboxylic acids is 1. The van der Waals surface area contributed by atoms with E-state index in [0.29, 0.717) is 38.4 Å². The summed E-state index contributed by atoms with van der Waals surface area (Å²) in [6, 6.07) is 0. The predicted molar refractivity (Wildman–Crippen MR) is 168 cm³/mol. The first-order valence-corrected chi connectivity index (χ1v) is 17.2. The summed E-state index contributed by atoms with van der Waals surface area (Å²) in [5.74, 6) is -0.449. The molecule has 7 nitrogen and oxygen atoms in total. The molecule has 0 aromatic carbocycles. The van der Waals surface area contributed by atoms with Crippen LogP contribution in [0.1, 0.15) is 162 Å². The Labute approximate surface area is 252 Å². The molecule has 0 aromatic rings. The van der Waals surface area contributed by atoms with E-state index in [1.54, 1.807) is 0 Å². The Morgan fingerprint density at radius 2 is 1.02 bits per heavy atom. The summed E-state index contributed by atoms with van der Waals surface area (Å²) in [6.45, 7) is 9.96. The number of esters is 2. The maximum Gasteiger partial charge on any atom is 0.305 e. The van der Waals surface area contributed by atoms with Gasteiger partial charge in [0.2, 0.25) is 0 Å². The van der Waals surface area contributed by atoms with Crippen molar-refractivity contribution in [1.82, 2.24) is 4.90 Å². The third-order valence-corrected chi connectivity index (χ3v) is 7.79. The number of carbonyl (C=O) groups is 3. The van der Waals surface area contributed by atoms with Crippen molar-refractivity contribution in [2.24, 2.45) is 5.92 Å². The Morgan fingerprint density at radius 1 is 0.561 bits per heavy atom. The molecule has 0 aliphatic heterocycles. The van der Waals surface area contributed by atoms with Gasteiger partial charge in [-0.05, 0) is 77.4 Å². The van der Waals surface area contributed by atoms with Crippen molar-refractivity contribution < 1.29 is 29.0 Å². The van der Waals surface area contributed by atoms with E-state index in [1.807, 2.05) is 6.92 Å². The highest BCUT2D eigenvalue weighted by Gasteiger charge is 2.13. The van der Waals surface area contributed by atoms with Crippen LogP contribution in [0, 0.1) is 5.92 Å². The van der Waals surface area contributed by atoms with Crippen LogP contribution in [0.5, 0.6) is 0 Å². The van der Waals surface area contributed by atoms with E-state index in [4.69, 9.17) is 14.6 Å². The fourth-order valence-corrected chi connectivity index (χ4v) is 5.25. The lowest BCUT2D eigenvalue weighted by molar-refractivity contribution is -0.145. The van der Waals surface area contributed by atoms with Gasteiger partial charge < -0.3 is 19.5 Å². The Kier molecular flexibility index (Phi) is 28.7. The van der Waals surface area contributed by atoms with Crippen molar-refractivity contribution in [2.45, 2.75) is 162 Å². The molecule has 0 fully saturated rings. The van der Waals surface area contributed by atoms with Crippen molar-refractivity contribution in [1.29, 1.82) is 0 Å². The normalized spacial score (nSPS) is 12.0. The van der Waals surface area contributed by atoms with Crippen LogP contribution in [0.15, 0.2) is 0 Å². The Hall–Kier alpha value is -1.63. The van der Waals surface area contributed by atoms with Crippen LogP contribution in [0.4, 0.5) is 0 Å². The molecule has 1 atom stereocenters. The van der Waals surface area contributed by atoms with Gasteiger partial charge in [-0.1, -0.05) is 90.9 Å². The molecule has 0 amide bonds. The number of hydrogen-bond donors (Lipinski definition) is 1. The van der Waals surface area contributed by atoms with E-state index in [9.17, 15) is 14.4 Å². The number of ether oxygens (including phenoxy) is 2. The number of aliphatic carboxylic acids is 1. The molecule has 0 bridgehead atoms.